The highest BCUT2D eigenvalue weighted by Gasteiger charge is 2.58. The van der Waals surface area contributed by atoms with E-state index in [1.54, 1.807) is 4.90 Å². The van der Waals surface area contributed by atoms with Crippen molar-refractivity contribution in [2.45, 2.75) is 12.3 Å². The summed E-state index contributed by atoms with van der Waals surface area (Å²) in [7, 11) is 0. The van der Waals surface area contributed by atoms with E-state index in [0.717, 1.165) is 5.56 Å². The fourth-order valence-electron chi connectivity index (χ4n) is 3.22. The van der Waals surface area contributed by atoms with Crippen molar-refractivity contribution in [3.63, 3.8) is 0 Å². The number of rotatable bonds is 3. The molecule has 1 aromatic rings. The molecule has 1 N–H and O–H groups in total. The van der Waals surface area contributed by atoms with E-state index in [-0.39, 0.29) is 30.4 Å². The van der Waals surface area contributed by atoms with Gasteiger partial charge in [0.1, 0.15) is 0 Å². The van der Waals surface area contributed by atoms with Crippen molar-refractivity contribution in [2.75, 3.05) is 19.7 Å². The number of hydrogen-bond acceptors (Lipinski definition) is 4. The molecule has 1 aromatic carbocycles. The van der Waals surface area contributed by atoms with Crippen molar-refractivity contribution in [1.29, 1.82) is 0 Å². The van der Waals surface area contributed by atoms with E-state index in [4.69, 9.17) is 4.74 Å². The van der Waals surface area contributed by atoms with Gasteiger partial charge < -0.3 is 9.64 Å². The number of ether oxygens (including phenoxy) is 1. The van der Waals surface area contributed by atoms with Gasteiger partial charge in [0.15, 0.2) is 0 Å². The Hall–Kier alpha value is -2.37. The van der Waals surface area contributed by atoms with Gasteiger partial charge in [0.2, 0.25) is 5.91 Å². The summed E-state index contributed by atoms with van der Waals surface area (Å²) in [4.78, 5) is 37.0. The zero-order chi connectivity index (χ0) is 15.0. The van der Waals surface area contributed by atoms with E-state index in [9.17, 15) is 14.4 Å². The summed E-state index contributed by atoms with van der Waals surface area (Å²) in [6.45, 7) is 2.19. The van der Waals surface area contributed by atoms with Crippen LogP contribution in [0.3, 0.4) is 0 Å². The second kappa shape index (κ2) is 4.87. The third-order valence-corrected chi connectivity index (χ3v) is 4.27. The molecule has 0 spiro atoms. The molecule has 6 nitrogen and oxygen atoms in total. The van der Waals surface area contributed by atoms with Crippen LogP contribution in [0.2, 0.25) is 0 Å². The molecular formula is C15H16N2O4. The molecule has 2 aliphatic heterocycles. The number of nitrogens with zero attached hydrogens (tertiary/aromatic N) is 1. The number of carbonyl (C=O) groups is 3. The van der Waals surface area contributed by atoms with Gasteiger partial charge in [-0.1, -0.05) is 30.3 Å². The fraction of sp³-hybridized carbons (Fsp3) is 0.400. The van der Waals surface area contributed by atoms with E-state index >= 15 is 0 Å². The number of benzene rings is 1. The van der Waals surface area contributed by atoms with Crippen LogP contribution in [0.5, 0.6) is 0 Å². The average molecular weight is 288 g/mol. The molecule has 2 saturated heterocycles. The Labute approximate surface area is 122 Å². The summed E-state index contributed by atoms with van der Waals surface area (Å²) in [5.41, 5.74) is -0.000368. The molecule has 2 aliphatic rings. The molecule has 0 aliphatic carbocycles. The van der Waals surface area contributed by atoms with Crippen LogP contribution in [0.4, 0.5) is 4.79 Å². The number of urea groups is 1. The SMILES string of the molecule is CC(=O)OC[C@@H]1CN2C[C@@]1(c1ccccc1)C(=O)NC2=O. The number of esters is 1. The van der Waals surface area contributed by atoms with E-state index in [0.29, 0.717) is 13.1 Å². The molecule has 0 aromatic heterocycles. The number of imide groups is 1. The van der Waals surface area contributed by atoms with Gasteiger partial charge in [-0.2, -0.15) is 0 Å². The molecule has 2 bridgehead atoms. The molecule has 3 amide bonds. The van der Waals surface area contributed by atoms with Crippen LogP contribution in [0.15, 0.2) is 30.3 Å². The van der Waals surface area contributed by atoms with Crippen LogP contribution in [-0.4, -0.2) is 42.5 Å². The zero-order valence-corrected chi connectivity index (χ0v) is 11.7. The maximum Gasteiger partial charge on any atom is 0.324 e. The van der Waals surface area contributed by atoms with Gasteiger partial charge in [-0.05, 0) is 5.56 Å². The fourth-order valence-corrected chi connectivity index (χ4v) is 3.22. The lowest BCUT2D eigenvalue weighted by Gasteiger charge is -2.35. The Morgan fingerprint density at radius 2 is 2.10 bits per heavy atom. The number of nitrogens with one attached hydrogen (secondary N) is 1. The van der Waals surface area contributed by atoms with Gasteiger partial charge >= 0.3 is 12.0 Å². The Bertz CT molecular complexity index is 601. The van der Waals surface area contributed by atoms with Gasteiger partial charge in [-0.3, -0.25) is 14.9 Å². The highest BCUT2D eigenvalue weighted by atomic mass is 16.5. The van der Waals surface area contributed by atoms with Crippen molar-refractivity contribution in [3.05, 3.63) is 35.9 Å². The second-order valence-corrected chi connectivity index (χ2v) is 5.48. The minimum absolute atomic E-state index is 0.126. The first kappa shape index (κ1) is 13.6. The molecule has 21 heavy (non-hydrogen) atoms. The Morgan fingerprint density at radius 1 is 1.38 bits per heavy atom. The Kier molecular flexibility index (Phi) is 3.16. The standard InChI is InChI=1S/C15H16N2O4/c1-10(18)21-8-12-7-17-9-15(12,13(19)16-14(17)20)11-5-3-2-4-6-11/h2-6,12H,7-9H2,1H3,(H,16,19,20)/t12-,15-/m0/s1. The molecule has 3 rings (SSSR count). The Morgan fingerprint density at radius 3 is 2.76 bits per heavy atom. The van der Waals surface area contributed by atoms with Crippen molar-refractivity contribution >= 4 is 17.9 Å². The minimum atomic E-state index is -0.843. The van der Waals surface area contributed by atoms with Crippen molar-refractivity contribution in [2.24, 2.45) is 5.92 Å². The summed E-state index contributed by atoms with van der Waals surface area (Å²) in [6, 6.07) is 8.97. The van der Waals surface area contributed by atoms with Crippen molar-refractivity contribution in [3.8, 4) is 0 Å². The first-order valence-corrected chi connectivity index (χ1v) is 6.83. The van der Waals surface area contributed by atoms with E-state index in [1.165, 1.54) is 6.92 Å². The lowest BCUT2D eigenvalue weighted by atomic mass is 9.71. The van der Waals surface area contributed by atoms with Crippen LogP contribution < -0.4 is 5.32 Å². The largest absolute Gasteiger partial charge is 0.465 e. The minimum Gasteiger partial charge on any atom is -0.465 e. The lowest BCUT2D eigenvalue weighted by molar-refractivity contribution is -0.144. The van der Waals surface area contributed by atoms with Gasteiger partial charge in [-0.15, -0.1) is 0 Å². The highest BCUT2D eigenvalue weighted by Crippen LogP contribution is 2.42. The monoisotopic (exact) mass is 288 g/mol. The van der Waals surface area contributed by atoms with Crippen LogP contribution >= 0.6 is 0 Å². The van der Waals surface area contributed by atoms with Crippen molar-refractivity contribution in [1.82, 2.24) is 10.2 Å². The molecule has 0 radical (unpaired) electrons. The predicted molar refractivity (Wildman–Crippen MR) is 73.4 cm³/mol. The maximum absolute atomic E-state index is 12.5. The summed E-state index contributed by atoms with van der Waals surface area (Å²) in [6.07, 6.45) is 0. The second-order valence-electron chi connectivity index (χ2n) is 5.48. The maximum atomic E-state index is 12.5. The summed E-state index contributed by atoms with van der Waals surface area (Å²) < 4.78 is 5.11. The topological polar surface area (TPSA) is 75.7 Å². The molecule has 6 heteroatoms. The van der Waals surface area contributed by atoms with Crippen molar-refractivity contribution < 1.29 is 19.1 Å². The van der Waals surface area contributed by atoms with E-state index < -0.39 is 5.41 Å². The number of carbonyl (C=O) groups excluding carboxylic acids is 3. The number of fused-ring (bicyclic) bond motifs is 2. The van der Waals surface area contributed by atoms with Gasteiger partial charge in [-0.25, -0.2) is 4.79 Å². The highest BCUT2D eigenvalue weighted by molar-refractivity contribution is 6.04. The van der Waals surface area contributed by atoms with Crippen LogP contribution in [0, 0.1) is 5.92 Å². The molecule has 2 fully saturated rings. The summed E-state index contributed by atoms with van der Waals surface area (Å²) >= 11 is 0. The number of hydrogen-bond donors (Lipinski definition) is 1. The molecular weight excluding hydrogens is 272 g/mol. The predicted octanol–water partition coefficient (Wildman–Crippen LogP) is 0.669. The van der Waals surface area contributed by atoms with Crippen LogP contribution in [0.25, 0.3) is 0 Å². The first-order valence-electron chi connectivity index (χ1n) is 6.83. The smallest absolute Gasteiger partial charge is 0.324 e. The molecule has 0 saturated carbocycles. The van der Waals surface area contributed by atoms with Crippen LogP contribution in [0.1, 0.15) is 12.5 Å². The third kappa shape index (κ3) is 2.07. The Balaban J connectivity index is 2.01. The first-order chi connectivity index (χ1) is 10.0. The van der Waals surface area contributed by atoms with E-state index in [2.05, 4.69) is 5.32 Å². The molecule has 2 atom stereocenters. The van der Waals surface area contributed by atoms with Crippen LogP contribution in [-0.2, 0) is 19.7 Å². The summed E-state index contributed by atoms with van der Waals surface area (Å²) in [5, 5.41) is 2.41. The molecule has 2 heterocycles. The average Bonchev–Trinajstić information content (AvgIpc) is 2.82. The zero-order valence-electron chi connectivity index (χ0n) is 11.7. The third-order valence-electron chi connectivity index (χ3n) is 4.27. The molecule has 0 unspecified atom stereocenters. The normalized spacial score (nSPS) is 27.5. The lowest BCUT2D eigenvalue weighted by Crippen LogP contribution is -2.58. The van der Waals surface area contributed by atoms with E-state index in [1.807, 2.05) is 30.3 Å². The quantitative estimate of drug-likeness (QED) is 0.829. The molecule has 110 valence electrons. The van der Waals surface area contributed by atoms with Gasteiger partial charge in [0.25, 0.3) is 0 Å². The number of amides is 3. The van der Waals surface area contributed by atoms with Gasteiger partial charge in [0.05, 0.1) is 12.0 Å². The summed E-state index contributed by atoms with van der Waals surface area (Å²) in [5.74, 6) is -0.943. The van der Waals surface area contributed by atoms with Gasteiger partial charge in [0, 0.05) is 25.9 Å².